The summed E-state index contributed by atoms with van der Waals surface area (Å²) in [6.45, 7) is 0.734. The highest BCUT2D eigenvalue weighted by atomic mass is 32.1. The maximum Gasteiger partial charge on any atom is 0.0922 e. The van der Waals surface area contributed by atoms with Crippen LogP contribution in [0.1, 0.15) is 5.69 Å². The number of H-pyrrole nitrogens is 2. The van der Waals surface area contributed by atoms with Crippen molar-refractivity contribution in [2.75, 3.05) is 5.32 Å². The van der Waals surface area contributed by atoms with Crippen LogP contribution < -0.4 is 5.32 Å². The highest BCUT2D eigenvalue weighted by Gasteiger charge is 2.07. The maximum atomic E-state index is 3.99. The number of thiophene rings is 1. The Bertz CT molecular complexity index is 567. The first-order valence-corrected chi connectivity index (χ1v) is 6.15. The topological polar surface area (TPSA) is 69.4 Å². The van der Waals surface area contributed by atoms with Crippen LogP contribution >= 0.6 is 11.3 Å². The van der Waals surface area contributed by atoms with Crippen molar-refractivity contribution in [3.63, 3.8) is 0 Å². The fourth-order valence-corrected chi connectivity index (χ4v) is 2.42. The van der Waals surface area contributed by atoms with Gasteiger partial charge in [0.15, 0.2) is 0 Å². The minimum absolute atomic E-state index is 0.734. The predicted molar refractivity (Wildman–Crippen MR) is 67.8 cm³/mol. The molecule has 0 amide bonds. The molecule has 0 saturated carbocycles. The Labute approximate surface area is 102 Å². The molecule has 6 heteroatoms. The molecule has 3 heterocycles. The third kappa shape index (κ3) is 2.07. The Morgan fingerprint density at radius 1 is 1.35 bits per heavy atom. The van der Waals surface area contributed by atoms with Crippen molar-refractivity contribution in [2.24, 2.45) is 0 Å². The summed E-state index contributed by atoms with van der Waals surface area (Å²) < 4.78 is 0. The third-order valence-electron chi connectivity index (χ3n) is 2.48. The Morgan fingerprint density at radius 2 is 2.35 bits per heavy atom. The number of hydrogen-bond donors (Lipinski definition) is 3. The van der Waals surface area contributed by atoms with Crippen LogP contribution in [0.5, 0.6) is 0 Å². The van der Waals surface area contributed by atoms with Crippen molar-refractivity contribution in [1.82, 2.24) is 20.2 Å². The molecule has 3 N–H and O–H groups in total. The summed E-state index contributed by atoms with van der Waals surface area (Å²) in [5, 5.41) is 14.5. The van der Waals surface area contributed by atoms with Crippen molar-refractivity contribution in [3.05, 3.63) is 41.2 Å². The average Bonchev–Trinajstić information content (AvgIpc) is 3.09. The van der Waals surface area contributed by atoms with Gasteiger partial charge in [-0.05, 0) is 6.07 Å². The Balaban J connectivity index is 1.78. The second kappa shape index (κ2) is 4.42. The summed E-state index contributed by atoms with van der Waals surface area (Å²) in [6, 6.07) is 1.96. The molecule has 3 aromatic heterocycles. The summed E-state index contributed by atoms with van der Waals surface area (Å²) in [6.07, 6.45) is 5.25. The monoisotopic (exact) mass is 245 g/mol. The molecule has 0 fully saturated rings. The minimum atomic E-state index is 0.734. The van der Waals surface area contributed by atoms with Crippen molar-refractivity contribution in [2.45, 2.75) is 6.54 Å². The first kappa shape index (κ1) is 10.1. The lowest BCUT2D eigenvalue weighted by atomic mass is 10.2. The second-order valence-corrected chi connectivity index (χ2v) is 4.34. The van der Waals surface area contributed by atoms with Gasteiger partial charge in [-0.15, -0.1) is 11.3 Å². The molecule has 3 aromatic rings. The zero-order chi connectivity index (χ0) is 11.5. The van der Waals surface area contributed by atoms with Crippen LogP contribution in [-0.4, -0.2) is 20.2 Å². The molecule has 0 atom stereocenters. The molecule has 0 aromatic carbocycles. The van der Waals surface area contributed by atoms with E-state index >= 15 is 0 Å². The van der Waals surface area contributed by atoms with E-state index in [4.69, 9.17) is 0 Å². The van der Waals surface area contributed by atoms with Crippen molar-refractivity contribution < 1.29 is 0 Å². The SMILES string of the molecule is c1cc(-c2cscc2NCc2cnc[nH]2)[nH]n1. The van der Waals surface area contributed by atoms with E-state index in [-0.39, 0.29) is 0 Å². The van der Waals surface area contributed by atoms with Crippen LogP contribution in [0.15, 0.2) is 35.5 Å². The number of rotatable bonds is 4. The lowest BCUT2D eigenvalue weighted by Gasteiger charge is -2.04. The van der Waals surface area contributed by atoms with Gasteiger partial charge in [0.25, 0.3) is 0 Å². The van der Waals surface area contributed by atoms with Gasteiger partial charge in [-0.3, -0.25) is 5.10 Å². The highest BCUT2D eigenvalue weighted by molar-refractivity contribution is 7.08. The molecule has 0 aliphatic carbocycles. The van der Waals surface area contributed by atoms with Gasteiger partial charge >= 0.3 is 0 Å². The van der Waals surface area contributed by atoms with Crippen molar-refractivity contribution in [1.29, 1.82) is 0 Å². The molecule has 5 nitrogen and oxygen atoms in total. The zero-order valence-corrected chi connectivity index (χ0v) is 9.79. The van der Waals surface area contributed by atoms with E-state index in [1.807, 2.05) is 12.3 Å². The third-order valence-corrected chi connectivity index (χ3v) is 3.22. The van der Waals surface area contributed by atoms with Crippen LogP contribution in [0.25, 0.3) is 11.3 Å². The Kier molecular flexibility index (Phi) is 2.63. The molecule has 86 valence electrons. The number of hydrogen-bond acceptors (Lipinski definition) is 4. The lowest BCUT2D eigenvalue weighted by molar-refractivity contribution is 1.07. The van der Waals surface area contributed by atoms with Crippen molar-refractivity contribution >= 4 is 17.0 Å². The molecule has 0 saturated heterocycles. The quantitative estimate of drug-likeness (QED) is 0.661. The van der Waals surface area contributed by atoms with Gasteiger partial charge in [-0.1, -0.05) is 0 Å². The number of imidazole rings is 1. The lowest BCUT2D eigenvalue weighted by Crippen LogP contribution is -1.99. The van der Waals surface area contributed by atoms with Gasteiger partial charge in [-0.25, -0.2) is 4.98 Å². The number of anilines is 1. The van der Waals surface area contributed by atoms with E-state index in [0.717, 1.165) is 29.2 Å². The van der Waals surface area contributed by atoms with E-state index in [1.54, 1.807) is 23.9 Å². The van der Waals surface area contributed by atoms with E-state index in [1.165, 1.54) is 0 Å². The van der Waals surface area contributed by atoms with Gasteiger partial charge in [0, 0.05) is 28.7 Å². The first-order chi connectivity index (χ1) is 8.43. The largest absolute Gasteiger partial charge is 0.378 e. The molecule has 3 rings (SSSR count). The van der Waals surface area contributed by atoms with E-state index < -0.39 is 0 Å². The highest BCUT2D eigenvalue weighted by Crippen LogP contribution is 2.30. The Morgan fingerprint density at radius 3 is 3.12 bits per heavy atom. The summed E-state index contributed by atoms with van der Waals surface area (Å²) in [5.74, 6) is 0. The number of aromatic amines is 2. The number of nitrogens with one attached hydrogen (secondary N) is 3. The molecule has 0 unspecified atom stereocenters. The van der Waals surface area contributed by atoms with Gasteiger partial charge in [0.1, 0.15) is 0 Å². The zero-order valence-electron chi connectivity index (χ0n) is 8.97. The number of nitrogens with zero attached hydrogens (tertiary/aromatic N) is 2. The van der Waals surface area contributed by atoms with E-state index in [2.05, 4.69) is 36.2 Å². The number of aromatic nitrogens is 4. The van der Waals surface area contributed by atoms with Crippen LogP contribution in [-0.2, 0) is 6.54 Å². The summed E-state index contributed by atoms with van der Waals surface area (Å²) >= 11 is 1.67. The van der Waals surface area contributed by atoms with E-state index in [9.17, 15) is 0 Å². The van der Waals surface area contributed by atoms with Crippen LogP contribution in [0, 0.1) is 0 Å². The standard InChI is InChI=1S/C11H11N5S/c1-2-15-16-10(1)9-5-17-6-11(9)13-4-8-3-12-7-14-8/h1-3,5-7,13H,4H2,(H,12,14)(H,15,16). The molecule has 0 spiro atoms. The molecule has 0 aliphatic heterocycles. The Hall–Kier alpha value is -2.08. The van der Waals surface area contributed by atoms with Gasteiger partial charge in [-0.2, -0.15) is 5.10 Å². The molecule has 0 radical (unpaired) electrons. The maximum absolute atomic E-state index is 3.99. The smallest absolute Gasteiger partial charge is 0.0922 e. The van der Waals surface area contributed by atoms with Crippen LogP contribution in [0.3, 0.4) is 0 Å². The van der Waals surface area contributed by atoms with Crippen LogP contribution in [0.2, 0.25) is 0 Å². The summed E-state index contributed by atoms with van der Waals surface area (Å²) in [4.78, 5) is 7.05. The van der Waals surface area contributed by atoms with E-state index in [0.29, 0.717) is 0 Å². The van der Waals surface area contributed by atoms with Gasteiger partial charge < -0.3 is 10.3 Å². The average molecular weight is 245 g/mol. The predicted octanol–water partition coefficient (Wildman–Crippen LogP) is 2.47. The molecular weight excluding hydrogens is 234 g/mol. The molecular formula is C11H11N5S. The normalized spacial score (nSPS) is 10.6. The molecule has 0 aliphatic rings. The fraction of sp³-hybridized carbons (Fsp3) is 0.0909. The van der Waals surface area contributed by atoms with Crippen LogP contribution in [0.4, 0.5) is 5.69 Å². The minimum Gasteiger partial charge on any atom is -0.378 e. The second-order valence-electron chi connectivity index (χ2n) is 3.60. The van der Waals surface area contributed by atoms with Crippen molar-refractivity contribution in [3.8, 4) is 11.3 Å². The van der Waals surface area contributed by atoms with Gasteiger partial charge in [0.2, 0.25) is 0 Å². The first-order valence-electron chi connectivity index (χ1n) is 5.20. The summed E-state index contributed by atoms with van der Waals surface area (Å²) in [5.41, 5.74) is 4.34. The fourth-order valence-electron chi connectivity index (χ4n) is 1.62. The summed E-state index contributed by atoms with van der Waals surface area (Å²) in [7, 11) is 0. The molecule has 17 heavy (non-hydrogen) atoms. The molecule has 0 bridgehead atoms. The van der Waals surface area contributed by atoms with Gasteiger partial charge in [0.05, 0.1) is 29.9 Å².